The van der Waals surface area contributed by atoms with Gasteiger partial charge in [0.25, 0.3) is 0 Å². The molecule has 0 unspecified atom stereocenters. The van der Waals surface area contributed by atoms with E-state index in [1.54, 1.807) is 18.2 Å². The van der Waals surface area contributed by atoms with E-state index in [4.69, 9.17) is 32.7 Å². The van der Waals surface area contributed by atoms with Crippen molar-refractivity contribution < 1.29 is 14.3 Å². The van der Waals surface area contributed by atoms with Crippen LogP contribution in [0.4, 0.5) is 4.79 Å². The molecule has 168 valence electrons. The molecule has 2 fully saturated rings. The van der Waals surface area contributed by atoms with Crippen LogP contribution in [0.1, 0.15) is 29.5 Å². The number of hydrogen-bond acceptors (Lipinski definition) is 4. The number of hydrogen-bond donors (Lipinski definition) is 0. The maximum absolute atomic E-state index is 12.5. The van der Waals surface area contributed by atoms with E-state index in [2.05, 4.69) is 29.7 Å². The van der Waals surface area contributed by atoms with Crippen LogP contribution in [0, 0.1) is 5.41 Å². The molecule has 1 spiro atoms. The van der Waals surface area contributed by atoms with Gasteiger partial charge >= 0.3 is 6.09 Å². The van der Waals surface area contributed by atoms with Gasteiger partial charge in [0, 0.05) is 54.8 Å². The second-order valence-corrected chi connectivity index (χ2v) is 10.1. The molecule has 32 heavy (non-hydrogen) atoms. The minimum atomic E-state index is -0.271. The molecule has 0 radical (unpaired) electrons. The van der Waals surface area contributed by atoms with Crippen molar-refractivity contribution in [2.45, 2.75) is 32.4 Å². The van der Waals surface area contributed by atoms with Crippen molar-refractivity contribution in [1.82, 2.24) is 9.80 Å². The van der Waals surface area contributed by atoms with Crippen molar-refractivity contribution in [1.29, 1.82) is 0 Å². The third kappa shape index (κ3) is 4.61. The van der Waals surface area contributed by atoms with Crippen LogP contribution in [-0.4, -0.2) is 42.1 Å². The lowest BCUT2D eigenvalue weighted by atomic mass is 9.72. The number of halogens is 2. The van der Waals surface area contributed by atoms with Gasteiger partial charge in [0.15, 0.2) is 0 Å². The topological polar surface area (TPSA) is 42.0 Å². The van der Waals surface area contributed by atoms with Crippen LogP contribution < -0.4 is 4.74 Å². The summed E-state index contributed by atoms with van der Waals surface area (Å²) in [6.07, 6.45) is 2.56. The number of ether oxygens (including phenoxy) is 2. The molecule has 0 N–H and O–H groups in total. The van der Waals surface area contributed by atoms with Crippen LogP contribution in [0.25, 0.3) is 0 Å². The van der Waals surface area contributed by atoms with Gasteiger partial charge in [-0.05, 0) is 53.6 Å². The van der Waals surface area contributed by atoms with Crippen LogP contribution in [0.5, 0.6) is 5.75 Å². The summed E-state index contributed by atoms with van der Waals surface area (Å²) in [5.74, 6) is 1.77. The normalized spacial score (nSPS) is 19.4. The van der Waals surface area contributed by atoms with Crippen LogP contribution in [0.15, 0.2) is 48.7 Å². The first-order chi connectivity index (χ1) is 15.4. The molecule has 5 nitrogen and oxygen atoms in total. The van der Waals surface area contributed by atoms with Crippen molar-refractivity contribution in [3.05, 3.63) is 75.5 Å². The second kappa shape index (κ2) is 8.62. The van der Waals surface area contributed by atoms with E-state index in [0.717, 1.165) is 69.1 Å². The SMILES string of the molecule is C=C1Cc2ccc(CN3CC4(CCN(C(=O)OCc5cc(Cl)cc(Cl)c5)CC4)C3)cc2O1. The summed E-state index contributed by atoms with van der Waals surface area (Å²) in [6.45, 7) is 8.63. The zero-order chi connectivity index (χ0) is 22.3. The molecular weight excluding hydrogens is 447 g/mol. The van der Waals surface area contributed by atoms with E-state index in [1.165, 1.54) is 11.1 Å². The van der Waals surface area contributed by atoms with E-state index in [0.29, 0.717) is 15.5 Å². The average molecular weight is 473 g/mol. The Hall–Kier alpha value is -2.21. The lowest BCUT2D eigenvalue weighted by Crippen LogP contribution is -2.60. The fourth-order valence-corrected chi connectivity index (χ4v) is 5.60. The zero-order valence-electron chi connectivity index (χ0n) is 17.9. The second-order valence-electron chi connectivity index (χ2n) is 9.22. The Morgan fingerprint density at radius 3 is 2.50 bits per heavy atom. The molecule has 2 saturated heterocycles. The summed E-state index contributed by atoms with van der Waals surface area (Å²) in [5.41, 5.74) is 3.60. The first-order valence-electron chi connectivity index (χ1n) is 10.9. The predicted molar refractivity (Wildman–Crippen MR) is 125 cm³/mol. The Bertz CT molecular complexity index is 1030. The largest absolute Gasteiger partial charge is 0.462 e. The Morgan fingerprint density at radius 2 is 1.78 bits per heavy atom. The number of amides is 1. The number of carbonyl (C=O) groups excluding carboxylic acids is 1. The van der Waals surface area contributed by atoms with Crippen LogP contribution in [-0.2, 0) is 24.3 Å². The molecule has 1 amide bonds. The molecule has 7 heteroatoms. The number of benzene rings is 2. The van der Waals surface area contributed by atoms with E-state index >= 15 is 0 Å². The number of allylic oxidation sites excluding steroid dienone is 1. The number of rotatable bonds is 4. The van der Waals surface area contributed by atoms with Gasteiger partial charge in [0.2, 0.25) is 0 Å². The third-order valence-electron chi connectivity index (χ3n) is 6.66. The monoisotopic (exact) mass is 472 g/mol. The van der Waals surface area contributed by atoms with Crippen molar-refractivity contribution in [3.63, 3.8) is 0 Å². The van der Waals surface area contributed by atoms with Gasteiger partial charge in [-0.3, -0.25) is 4.90 Å². The van der Waals surface area contributed by atoms with Crippen molar-refractivity contribution in [2.24, 2.45) is 5.41 Å². The highest BCUT2D eigenvalue weighted by molar-refractivity contribution is 6.34. The maximum Gasteiger partial charge on any atom is 0.410 e. The number of nitrogens with zero attached hydrogens (tertiary/aromatic N) is 2. The van der Waals surface area contributed by atoms with Gasteiger partial charge in [0.1, 0.15) is 18.1 Å². The molecule has 3 heterocycles. The maximum atomic E-state index is 12.5. The Balaban J connectivity index is 1.07. The molecule has 0 aromatic heterocycles. The van der Waals surface area contributed by atoms with E-state index in [9.17, 15) is 4.79 Å². The molecule has 0 bridgehead atoms. The van der Waals surface area contributed by atoms with Crippen LogP contribution in [0.3, 0.4) is 0 Å². The van der Waals surface area contributed by atoms with Crippen molar-refractivity contribution >= 4 is 29.3 Å². The van der Waals surface area contributed by atoms with Gasteiger partial charge < -0.3 is 14.4 Å². The number of piperidine rings is 1. The standard InChI is InChI=1S/C25H26Cl2N2O3/c1-17-8-20-3-2-18(11-23(20)32-17)13-28-15-25(16-28)4-6-29(7-5-25)24(30)31-14-19-9-21(26)12-22(27)10-19/h2-3,9-12H,1,4-8,13-16H2. The van der Waals surface area contributed by atoms with Gasteiger partial charge in [-0.25, -0.2) is 4.79 Å². The first-order valence-corrected chi connectivity index (χ1v) is 11.7. The molecule has 2 aromatic rings. The van der Waals surface area contributed by atoms with Crippen LogP contribution in [0.2, 0.25) is 10.0 Å². The quantitative estimate of drug-likeness (QED) is 0.574. The summed E-state index contributed by atoms with van der Waals surface area (Å²) >= 11 is 12.0. The summed E-state index contributed by atoms with van der Waals surface area (Å²) < 4.78 is 11.2. The predicted octanol–water partition coefficient (Wildman–Crippen LogP) is 5.68. The molecule has 2 aromatic carbocycles. The van der Waals surface area contributed by atoms with Gasteiger partial charge in [0.05, 0.1) is 0 Å². The van der Waals surface area contributed by atoms with Gasteiger partial charge in [-0.2, -0.15) is 0 Å². The minimum absolute atomic E-state index is 0.173. The molecule has 0 aliphatic carbocycles. The lowest BCUT2D eigenvalue weighted by Gasteiger charge is -2.54. The molecule has 3 aliphatic rings. The fraction of sp³-hybridized carbons (Fsp3) is 0.400. The number of likely N-dealkylation sites (tertiary alicyclic amines) is 2. The number of carbonyl (C=O) groups is 1. The summed E-state index contributed by atoms with van der Waals surface area (Å²) in [5, 5.41) is 1.08. The summed E-state index contributed by atoms with van der Waals surface area (Å²) in [4.78, 5) is 16.8. The highest BCUT2D eigenvalue weighted by Gasteiger charge is 2.45. The van der Waals surface area contributed by atoms with E-state index < -0.39 is 0 Å². The van der Waals surface area contributed by atoms with Crippen LogP contribution >= 0.6 is 23.2 Å². The van der Waals surface area contributed by atoms with E-state index in [1.807, 2.05) is 4.90 Å². The van der Waals surface area contributed by atoms with Crippen molar-refractivity contribution in [3.8, 4) is 5.75 Å². The highest BCUT2D eigenvalue weighted by Crippen LogP contribution is 2.41. The lowest BCUT2D eigenvalue weighted by molar-refractivity contribution is -0.0496. The van der Waals surface area contributed by atoms with E-state index in [-0.39, 0.29) is 12.7 Å². The van der Waals surface area contributed by atoms with Gasteiger partial charge in [-0.15, -0.1) is 0 Å². The average Bonchev–Trinajstić information content (AvgIpc) is 3.10. The zero-order valence-corrected chi connectivity index (χ0v) is 19.4. The highest BCUT2D eigenvalue weighted by atomic mass is 35.5. The molecule has 5 rings (SSSR count). The van der Waals surface area contributed by atoms with Crippen molar-refractivity contribution in [2.75, 3.05) is 26.2 Å². The third-order valence-corrected chi connectivity index (χ3v) is 7.10. The smallest absolute Gasteiger partial charge is 0.410 e. The minimum Gasteiger partial charge on any atom is -0.462 e. The number of fused-ring (bicyclic) bond motifs is 1. The molecule has 0 saturated carbocycles. The Kier molecular flexibility index (Phi) is 5.82. The summed E-state index contributed by atoms with van der Waals surface area (Å²) in [6, 6.07) is 11.7. The Morgan fingerprint density at radius 1 is 1.06 bits per heavy atom. The fourth-order valence-electron chi connectivity index (χ4n) is 5.03. The molecule has 0 atom stereocenters. The summed E-state index contributed by atoms with van der Waals surface area (Å²) in [7, 11) is 0. The molecular formula is C25H26Cl2N2O3. The molecule has 3 aliphatic heterocycles. The first kappa shape index (κ1) is 21.6. The van der Waals surface area contributed by atoms with Gasteiger partial charge in [-0.1, -0.05) is 41.9 Å². The Labute approximate surface area is 198 Å².